The van der Waals surface area contributed by atoms with E-state index in [4.69, 9.17) is 0 Å². The Kier molecular flexibility index (Phi) is 7.86. The first-order chi connectivity index (χ1) is 16.1. The number of carbonyl (C=O) groups excluding carboxylic acids is 1. The van der Waals surface area contributed by atoms with Crippen molar-refractivity contribution < 1.29 is 4.79 Å². The van der Waals surface area contributed by atoms with Crippen LogP contribution in [0.2, 0.25) is 0 Å². The zero-order valence-corrected chi connectivity index (χ0v) is 20.3. The molecule has 1 heterocycles. The molecule has 7 heteroatoms. The number of rotatable bonds is 9. The van der Waals surface area contributed by atoms with E-state index >= 15 is 0 Å². The van der Waals surface area contributed by atoms with Gasteiger partial charge in [-0.15, -0.1) is 22.0 Å². The smallest absolute Gasteiger partial charge is 0.230 e. The van der Waals surface area contributed by atoms with Crippen LogP contribution in [0.15, 0.2) is 95.0 Å². The van der Waals surface area contributed by atoms with Crippen LogP contribution in [-0.4, -0.2) is 26.4 Å². The highest BCUT2D eigenvalue weighted by molar-refractivity contribution is 7.99. The van der Waals surface area contributed by atoms with Crippen molar-refractivity contribution in [2.24, 2.45) is 0 Å². The number of carbonyl (C=O) groups is 1. The van der Waals surface area contributed by atoms with E-state index in [9.17, 15) is 4.79 Å². The van der Waals surface area contributed by atoms with Gasteiger partial charge in [-0.05, 0) is 43.7 Å². The molecule has 0 bridgehead atoms. The number of hydrogen-bond acceptors (Lipinski definition) is 5. The third-order valence-corrected chi connectivity index (χ3v) is 7.05. The zero-order valence-electron chi connectivity index (χ0n) is 18.6. The molecular weight excluding hydrogens is 448 g/mol. The first-order valence-electron chi connectivity index (χ1n) is 10.8. The molecule has 0 aliphatic carbocycles. The number of aryl methyl sites for hydroxylation is 1. The lowest BCUT2D eigenvalue weighted by atomic mass is 10.1. The summed E-state index contributed by atoms with van der Waals surface area (Å²) < 4.78 is 2.04. The van der Waals surface area contributed by atoms with E-state index in [1.54, 1.807) is 11.8 Å². The highest BCUT2D eigenvalue weighted by atomic mass is 32.2. The van der Waals surface area contributed by atoms with Gasteiger partial charge in [0, 0.05) is 10.6 Å². The molecule has 0 saturated carbocycles. The normalized spacial score (nSPS) is 11.8. The fraction of sp³-hybridized carbons (Fsp3) is 0.192. The van der Waals surface area contributed by atoms with Gasteiger partial charge in [0.05, 0.1) is 17.5 Å². The molecule has 168 valence electrons. The number of aromatic nitrogens is 3. The molecule has 0 aliphatic rings. The highest BCUT2D eigenvalue weighted by Crippen LogP contribution is 2.27. The lowest BCUT2D eigenvalue weighted by Crippen LogP contribution is -2.28. The Bertz CT molecular complexity index is 1180. The van der Waals surface area contributed by atoms with Gasteiger partial charge in [0.15, 0.2) is 5.16 Å². The van der Waals surface area contributed by atoms with Gasteiger partial charge in [0.2, 0.25) is 5.91 Å². The second kappa shape index (κ2) is 11.2. The van der Waals surface area contributed by atoms with E-state index in [0.717, 1.165) is 17.1 Å². The average Bonchev–Trinajstić information content (AvgIpc) is 3.26. The number of nitrogens with one attached hydrogen (secondary N) is 1. The number of thioether (sulfide) groups is 2. The number of hydrogen-bond donors (Lipinski definition) is 1. The molecule has 0 radical (unpaired) electrons. The van der Waals surface area contributed by atoms with Crippen LogP contribution in [-0.2, 0) is 10.5 Å². The Balaban J connectivity index is 1.46. The number of para-hydroxylation sites is 1. The van der Waals surface area contributed by atoms with E-state index in [0.29, 0.717) is 10.9 Å². The predicted molar refractivity (Wildman–Crippen MR) is 136 cm³/mol. The first-order valence-corrected chi connectivity index (χ1v) is 12.7. The Labute approximate surface area is 203 Å². The van der Waals surface area contributed by atoms with Crippen LogP contribution in [0.3, 0.4) is 0 Å². The summed E-state index contributed by atoms with van der Waals surface area (Å²) in [5.41, 5.74) is 3.31. The Morgan fingerprint density at radius 3 is 2.27 bits per heavy atom. The van der Waals surface area contributed by atoms with E-state index < -0.39 is 0 Å². The molecule has 1 atom stereocenters. The van der Waals surface area contributed by atoms with E-state index in [-0.39, 0.29) is 17.7 Å². The summed E-state index contributed by atoms with van der Waals surface area (Å²) in [6, 6.07) is 28.4. The lowest BCUT2D eigenvalue weighted by molar-refractivity contribution is -0.119. The minimum Gasteiger partial charge on any atom is -0.349 e. The maximum Gasteiger partial charge on any atom is 0.230 e. The molecule has 1 aromatic heterocycles. The van der Waals surface area contributed by atoms with Crippen molar-refractivity contribution in [3.05, 3.63) is 102 Å². The molecule has 1 N–H and O–H groups in total. The van der Waals surface area contributed by atoms with Gasteiger partial charge in [-0.1, -0.05) is 78.0 Å². The van der Waals surface area contributed by atoms with Crippen LogP contribution < -0.4 is 5.32 Å². The van der Waals surface area contributed by atoms with Gasteiger partial charge >= 0.3 is 0 Å². The Hall–Kier alpha value is -3.03. The summed E-state index contributed by atoms with van der Waals surface area (Å²) in [4.78, 5) is 13.8. The van der Waals surface area contributed by atoms with E-state index in [1.807, 2.05) is 72.2 Å². The summed E-state index contributed by atoms with van der Waals surface area (Å²) in [6.45, 7) is 4.07. The molecule has 3 aromatic carbocycles. The molecule has 0 fully saturated rings. The van der Waals surface area contributed by atoms with E-state index in [1.165, 1.54) is 22.2 Å². The maximum atomic E-state index is 12.6. The Morgan fingerprint density at radius 2 is 1.58 bits per heavy atom. The molecule has 5 nitrogen and oxygen atoms in total. The Morgan fingerprint density at radius 1 is 0.909 bits per heavy atom. The average molecular weight is 475 g/mol. The van der Waals surface area contributed by atoms with Gasteiger partial charge in [0.25, 0.3) is 0 Å². The number of nitrogens with zero attached hydrogens (tertiary/aromatic N) is 3. The maximum absolute atomic E-state index is 12.6. The van der Waals surface area contributed by atoms with Crippen LogP contribution >= 0.6 is 23.5 Å². The standard InChI is InChI=1S/C26H26N4OS2/c1-19-13-15-23(16-14-19)32-17-24-28-29-26(30(24)22-11-7-4-8-12-22)33-18-25(31)27-20(2)21-9-5-3-6-10-21/h3-16,20H,17-18H2,1-2H3,(H,27,31). The molecule has 0 spiro atoms. The second-order valence-corrected chi connectivity index (χ2v) is 9.65. The molecule has 1 unspecified atom stereocenters. The molecule has 4 aromatic rings. The summed E-state index contributed by atoms with van der Waals surface area (Å²) in [5, 5.41) is 12.6. The van der Waals surface area contributed by atoms with Crippen LogP contribution in [0.25, 0.3) is 5.69 Å². The lowest BCUT2D eigenvalue weighted by Gasteiger charge is -2.14. The van der Waals surface area contributed by atoms with Gasteiger partial charge in [0.1, 0.15) is 5.82 Å². The van der Waals surface area contributed by atoms with Crippen LogP contribution in [0.5, 0.6) is 0 Å². The number of amides is 1. The largest absolute Gasteiger partial charge is 0.349 e. The highest BCUT2D eigenvalue weighted by Gasteiger charge is 2.17. The van der Waals surface area contributed by atoms with E-state index in [2.05, 4.69) is 46.7 Å². The van der Waals surface area contributed by atoms with Crippen LogP contribution in [0, 0.1) is 6.92 Å². The molecular formula is C26H26N4OS2. The topological polar surface area (TPSA) is 59.8 Å². The van der Waals surface area contributed by atoms with Gasteiger partial charge in [-0.2, -0.15) is 0 Å². The van der Waals surface area contributed by atoms with Crippen molar-refractivity contribution in [3.63, 3.8) is 0 Å². The molecule has 4 rings (SSSR count). The van der Waals surface area contributed by atoms with Crippen molar-refractivity contribution in [2.45, 2.75) is 35.7 Å². The van der Waals surface area contributed by atoms with Crippen LogP contribution in [0.4, 0.5) is 0 Å². The number of benzene rings is 3. The first kappa shape index (κ1) is 23.1. The quantitative estimate of drug-likeness (QED) is 0.309. The third-order valence-electron chi connectivity index (χ3n) is 5.11. The van der Waals surface area contributed by atoms with Crippen molar-refractivity contribution in [1.29, 1.82) is 0 Å². The molecule has 0 saturated heterocycles. The minimum absolute atomic E-state index is 0.0328. The monoisotopic (exact) mass is 474 g/mol. The summed E-state index contributed by atoms with van der Waals surface area (Å²) >= 11 is 3.12. The fourth-order valence-corrected chi connectivity index (χ4v) is 4.94. The molecule has 33 heavy (non-hydrogen) atoms. The van der Waals surface area contributed by atoms with Crippen LogP contribution in [0.1, 0.15) is 29.9 Å². The minimum atomic E-state index is -0.0484. The van der Waals surface area contributed by atoms with Gasteiger partial charge in [-0.3, -0.25) is 9.36 Å². The fourth-order valence-electron chi connectivity index (χ4n) is 3.34. The summed E-state index contributed by atoms with van der Waals surface area (Å²) in [6.07, 6.45) is 0. The van der Waals surface area contributed by atoms with Crippen molar-refractivity contribution in [2.75, 3.05) is 5.75 Å². The van der Waals surface area contributed by atoms with Gasteiger partial charge < -0.3 is 5.32 Å². The third kappa shape index (κ3) is 6.27. The van der Waals surface area contributed by atoms with Gasteiger partial charge in [-0.25, -0.2) is 0 Å². The van der Waals surface area contributed by atoms with Crippen molar-refractivity contribution in [1.82, 2.24) is 20.1 Å². The molecule has 1 amide bonds. The predicted octanol–water partition coefficient (Wildman–Crippen LogP) is 5.84. The summed E-state index contributed by atoms with van der Waals surface area (Å²) in [7, 11) is 0. The zero-order chi connectivity index (χ0) is 23.0. The summed E-state index contributed by atoms with van der Waals surface area (Å²) in [5.74, 6) is 1.78. The molecule has 0 aliphatic heterocycles. The van der Waals surface area contributed by atoms with Crippen molar-refractivity contribution in [3.8, 4) is 5.69 Å². The van der Waals surface area contributed by atoms with Crippen molar-refractivity contribution >= 4 is 29.4 Å². The SMILES string of the molecule is Cc1ccc(SCc2nnc(SCC(=O)NC(C)c3ccccc3)n2-c2ccccc2)cc1. The second-order valence-electron chi connectivity index (χ2n) is 7.66.